The maximum atomic E-state index is 12.7. The van der Waals surface area contributed by atoms with E-state index in [4.69, 9.17) is 4.74 Å². The van der Waals surface area contributed by atoms with Crippen molar-refractivity contribution < 1.29 is 17.9 Å². The van der Waals surface area contributed by atoms with Gasteiger partial charge in [0.05, 0.1) is 11.7 Å². The Balaban J connectivity index is 0.000000701. The second kappa shape index (κ2) is 8.39. The second-order valence-electron chi connectivity index (χ2n) is 6.09. The minimum Gasteiger partial charge on any atom is -0.490 e. The molecule has 0 aromatic heterocycles. The molecule has 2 aromatic carbocycles. The van der Waals surface area contributed by atoms with Gasteiger partial charge in [0.25, 0.3) is 0 Å². The van der Waals surface area contributed by atoms with Crippen LogP contribution < -0.4 is 10.1 Å². The molecule has 3 rings (SSSR count). The van der Waals surface area contributed by atoms with E-state index in [1.54, 1.807) is 12.1 Å². The van der Waals surface area contributed by atoms with Gasteiger partial charge in [-0.25, -0.2) is 0 Å². The van der Waals surface area contributed by atoms with Crippen LogP contribution in [0, 0.1) is 0 Å². The Morgan fingerprint density at radius 2 is 1.64 bits per heavy atom. The molecule has 0 spiro atoms. The van der Waals surface area contributed by atoms with Crippen LogP contribution in [0.25, 0.3) is 0 Å². The highest BCUT2D eigenvalue weighted by Crippen LogP contribution is 2.41. The normalized spacial score (nSPS) is 19.3. The van der Waals surface area contributed by atoms with Crippen molar-refractivity contribution in [2.75, 3.05) is 14.1 Å². The van der Waals surface area contributed by atoms with E-state index in [1.165, 1.54) is 0 Å². The second-order valence-corrected chi connectivity index (χ2v) is 6.09. The molecule has 1 aliphatic heterocycles. The molecule has 0 bridgehead atoms. The third kappa shape index (κ3) is 4.75. The van der Waals surface area contributed by atoms with E-state index in [9.17, 15) is 13.2 Å². The molecule has 1 heterocycles. The average Bonchev–Trinajstić information content (AvgIpc) is 2.61. The van der Waals surface area contributed by atoms with Crippen LogP contribution in [0.2, 0.25) is 0 Å². The molecule has 5 heteroatoms. The number of fused-ring (bicyclic) bond motifs is 1. The first-order valence-corrected chi connectivity index (χ1v) is 8.41. The van der Waals surface area contributed by atoms with Crippen molar-refractivity contribution in [2.24, 2.45) is 0 Å². The minimum absolute atomic E-state index is 0.0807. The summed E-state index contributed by atoms with van der Waals surface area (Å²) in [4.78, 5) is 0. The Morgan fingerprint density at radius 1 is 1.04 bits per heavy atom. The molecule has 25 heavy (non-hydrogen) atoms. The van der Waals surface area contributed by atoms with Crippen molar-refractivity contribution in [3.05, 3.63) is 65.2 Å². The predicted octanol–water partition coefficient (Wildman–Crippen LogP) is 5.23. The van der Waals surface area contributed by atoms with Gasteiger partial charge in [-0.15, -0.1) is 0 Å². The fourth-order valence-corrected chi connectivity index (χ4v) is 2.96. The summed E-state index contributed by atoms with van der Waals surface area (Å²) in [7, 11) is 3.75. The molecule has 2 unspecified atom stereocenters. The lowest BCUT2D eigenvalue weighted by atomic mass is 9.83. The highest BCUT2D eigenvalue weighted by molar-refractivity contribution is 5.44. The van der Waals surface area contributed by atoms with Gasteiger partial charge in [-0.3, -0.25) is 0 Å². The number of ether oxygens (including phenoxy) is 1. The Kier molecular flexibility index (Phi) is 6.48. The zero-order chi connectivity index (χ0) is 18.4. The van der Waals surface area contributed by atoms with Gasteiger partial charge in [0.15, 0.2) is 0 Å². The summed E-state index contributed by atoms with van der Waals surface area (Å²) in [6.45, 7) is 2.06. The molecule has 2 nitrogen and oxygen atoms in total. The Bertz CT molecular complexity index is 667. The van der Waals surface area contributed by atoms with E-state index in [0.29, 0.717) is 0 Å². The Morgan fingerprint density at radius 3 is 2.20 bits per heavy atom. The van der Waals surface area contributed by atoms with Crippen molar-refractivity contribution in [1.29, 1.82) is 0 Å². The molecular formula is C20H24F3NO. The lowest BCUT2D eigenvalue weighted by Crippen LogP contribution is -2.25. The topological polar surface area (TPSA) is 21.3 Å². The van der Waals surface area contributed by atoms with Crippen molar-refractivity contribution in [3.8, 4) is 5.75 Å². The van der Waals surface area contributed by atoms with Gasteiger partial charge < -0.3 is 10.1 Å². The molecular weight excluding hydrogens is 327 g/mol. The summed E-state index contributed by atoms with van der Waals surface area (Å²) in [6.07, 6.45) is -2.52. The van der Waals surface area contributed by atoms with E-state index in [0.717, 1.165) is 41.9 Å². The molecule has 2 atom stereocenters. The predicted molar refractivity (Wildman–Crippen MR) is 94.0 cm³/mol. The van der Waals surface area contributed by atoms with Gasteiger partial charge in [0, 0.05) is 11.5 Å². The van der Waals surface area contributed by atoms with Gasteiger partial charge in [-0.1, -0.05) is 37.3 Å². The summed E-state index contributed by atoms with van der Waals surface area (Å²) in [5, 5.41) is 2.75. The summed E-state index contributed by atoms with van der Waals surface area (Å²) in [5.41, 5.74) is 1.35. The van der Waals surface area contributed by atoms with Crippen molar-refractivity contribution >= 4 is 0 Å². The number of hydrogen-bond donors (Lipinski definition) is 1. The van der Waals surface area contributed by atoms with E-state index in [2.05, 4.69) is 12.2 Å². The largest absolute Gasteiger partial charge is 0.490 e. The van der Waals surface area contributed by atoms with Crippen molar-refractivity contribution in [1.82, 2.24) is 5.32 Å². The van der Waals surface area contributed by atoms with Gasteiger partial charge in [-0.2, -0.15) is 13.2 Å². The fourth-order valence-electron chi connectivity index (χ4n) is 2.96. The van der Waals surface area contributed by atoms with Crippen LogP contribution in [-0.4, -0.2) is 20.2 Å². The molecule has 2 aromatic rings. The van der Waals surface area contributed by atoms with Gasteiger partial charge in [0.1, 0.15) is 5.75 Å². The first kappa shape index (κ1) is 19.3. The number of hydrogen-bond acceptors (Lipinski definition) is 2. The summed E-state index contributed by atoms with van der Waals surface area (Å²) < 4.78 is 44.0. The molecule has 1 N–H and O–H groups in total. The van der Waals surface area contributed by atoms with Crippen molar-refractivity contribution in [2.45, 2.75) is 38.0 Å². The van der Waals surface area contributed by atoms with Crippen LogP contribution in [0.1, 0.15) is 42.4 Å². The van der Waals surface area contributed by atoms with Crippen LogP contribution >= 0.6 is 0 Å². The number of nitrogens with one attached hydrogen (secondary N) is 1. The molecule has 0 aliphatic carbocycles. The number of alkyl halides is 3. The third-order valence-electron chi connectivity index (χ3n) is 4.18. The first-order chi connectivity index (χ1) is 11.9. The summed E-state index contributed by atoms with van der Waals surface area (Å²) in [6, 6.07) is 13.3. The molecule has 136 valence electrons. The maximum Gasteiger partial charge on any atom is 0.416 e. The highest BCUT2D eigenvalue weighted by Gasteiger charge is 2.32. The quantitative estimate of drug-likeness (QED) is 0.799. The van der Waals surface area contributed by atoms with E-state index < -0.39 is 11.7 Å². The molecule has 1 aliphatic rings. The highest BCUT2D eigenvalue weighted by atomic mass is 19.4. The fraction of sp³-hybridized carbons (Fsp3) is 0.400. The van der Waals surface area contributed by atoms with Gasteiger partial charge in [0.2, 0.25) is 0 Å². The minimum atomic E-state index is -4.29. The van der Waals surface area contributed by atoms with Gasteiger partial charge in [-0.05, 0) is 50.7 Å². The summed E-state index contributed by atoms with van der Waals surface area (Å²) in [5.74, 6) is 0.919. The summed E-state index contributed by atoms with van der Waals surface area (Å²) >= 11 is 0. The Labute approximate surface area is 147 Å². The van der Waals surface area contributed by atoms with E-state index >= 15 is 0 Å². The number of benzene rings is 2. The first-order valence-electron chi connectivity index (χ1n) is 8.41. The molecule has 0 fully saturated rings. The average molecular weight is 351 g/mol. The zero-order valence-electron chi connectivity index (χ0n) is 14.7. The van der Waals surface area contributed by atoms with Gasteiger partial charge >= 0.3 is 6.18 Å². The van der Waals surface area contributed by atoms with E-state index in [-0.39, 0.29) is 12.0 Å². The number of rotatable bonds is 2. The van der Waals surface area contributed by atoms with Crippen LogP contribution in [0.5, 0.6) is 5.75 Å². The lowest BCUT2D eigenvalue weighted by Gasteiger charge is -2.32. The molecule has 0 saturated heterocycles. The van der Waals surface area contributed by atoms with Crippen LogP contribution in [0.4, 0.5) is 13.2 Å². The lowest BCUT2D eigenvalue weighted by molar-refractivity contribution is -0.137. The van der Waals surface area contributed by atoms with Crippen LogP contribution in [0.15, 0.2) is 48.5 Å². The van der Waals surface area contributed by atoms with E-state index in [1.807, 2.05) is 38.4 Å². The third-order valence-corrected chi connectivity index (χ3v) is 4.18. The van der Waals surface area contributed by atoms with Crippen LogP contribution in [0.3, 0.4) is 0 Å². The number of halogens is 3. The standard InChI is InChI=1S/C18H17F3O.C2H7N/c1-2-14-11-16(15-5-3-4-6-17(15)22-14)12-7-9-13(10-8-12)18(19,20)21;1-3-2/h3-10,14,16H,2,11H2,1H3;3H,1-2H3. The Hall–Kier alpha value is -2.01. The number of para-hydroxylation sites is 1. The smallest absolute Gasteiger partial charge is 0.416 e. The zero-order valence-corrected chi connectivity index (χ0v) is 14.7. The van der Waals surface area contributed by atoms with Crippen molar-refractivity contribution in [3.63, 3.8) is 0 Å². The maximum absolute atomic E-state index is 12.7. The molecule has 0 radical (unpaired) electrons. The van der Waals surface area contributed by atoms with Crippen LogP contribution in [-0.2, 0) is 6.18 Å². The molecule has 0 saturated carbocycles. The molecule has 0 amide bonds. The SMILES string of the molecule is CCC1CC(c2ccc(C(F)(F)F)cc2)c2ccccc2O1.CNC. The monoisotopic (exact) mass is 351 g/mol.